The van der Waals surface area contributed by atoms with E-state index in [1.807, 2.05) is 6.07 Å². The van der Waals surface area contributed by atoms with Gasteiger partial charge in [-0.15, -0.1) is 0 Å². The van der Waals surface area contributed by atoms with Crippen LogP contribution in [0.2, 0.25) is 0 Å². The van der Waals surface area contributed by atoms with Gasteiger partial charge in [-0.2, -0.15) is 0 Å². The van der Waals surface area contributed by atoms with Gasteiger partial charge >= 0.3 is 0 Å². The highest BCUT2D eigenvalue weighted by Gasteiger charge is 2.07. The first-order valence-corrected chi connectivity index (χ1v) is 7.37. The topological polar surface area (TPSA) is 51.8 Å². The lowest BCUT2D eigenvalue weighted by Gasteiger charge is -2.09. The summed E-state index contributed by atoms with van der Waals surface area (Å²) in [6.07, 6.45) is 15.2. The predicted octanol–water partition coefficient (Wildman–Crippen LogP) is 4.01. The monoisotopic (exact) mass is 249 g/mol. The van der Waals surface area contributed by atoms with Crippen LogP contribution >= 0.6 is 0 Å². The predicted molar refractivity (Wildman–Crippen MR) is 76.2 cm³/mol. The van der Waals surface area contributed by atoms with Crippen LogP contribution in [-0.4, -0.2) is 9.97 Å². The minimum absolute atomic E-state index is 0.00583. The summed E-state index contributed by atoms with van der Waals surface area (Å²) in [5.41, 5.74) is 6.05. The minimum atomic E-state index is 0.00583. The molecule has 0 radical (unpaired) electrons. The molecule has 1 atom stereocenters. The van der Waals surface area contributed by atoms with Crippen molar-refractivity contribution < 1.29 is 0 Å². The van der Waals surface area contributed by atoms with Gasteiger partial charge < -0.3 is 5.73 Å². The molecule has 1 unspecified atom stereocenters. The lowest BCUT2D eigenvalue weighted by Crippen LogP contribution is -2.13. The van der Waals surface area contributed by atoms with Gasteiger partial charge in [-0.1, -0.05) is 58.3 Å². The van der Waals surface area contributed by atoms with Crippen LogP contribution in [0.3, 0.4) is 0 Å². The Morgan fingerprint density at radius 2 is 1.50 bits per heavy atom. The van der Waals surface area contributed by atoms with Crippen LogP contribution in [0.5, 0.6) is 0 Å². The van der Waals surface area contributed by atoms with Crippen molar-refractivity contribution in [3.05, 3.63) is 24.3 Å². The molecule has 0 spiro atoms. The van der Waals surface area contributed by atoms with E-state index in [4.69, 9.17) is 5.73 Å². The highest BCUT2D eigenvalue weighted by Crippen LogP contribution is 2.15. The fourth-order valence-corrected chi connectivity index (χ4v) is 2.13. The summed E-state index contributed by atoms with van der Waals surface area (Å²) in [6, 6.07) is 1.83. The Hall–Kier alpha value is -0.960. The zero-order chi connectivity index (χ0) is 13.1. The Morgan fingerprint density at radius 3 is 2.11 bits per heavy atom. The van der Waals surface area contributed by atoms with E-state index in [0.717, 1.165) is 12.2 Å². The molecule has 0 amide bonds. The number of nitrogens with zero attached hydrogens (tertiary/aromatic N) is 2. The summed E-state index contributed by atoms with van der Waals surface area (Å²) in [4.78, 5) is 8.38. The Balaban J connectivity index is 1.98. The highest BCUT2D eigenvalue weighted by molar-refractivity contribution is 4.94. The van der Waals surface area contributed by atoms with Crippen LogP contribution in [0.15, 0.2) is 18.5 Å². The number of hydrogen-bond donors (Lipinski definition) is 1. The first kappa shape index (κ1) is 15.1. The van der Waals surface area contributed by atoms with Crippen molar-refractivity contribution in [3.8, 4) is 0 Å². The van der Waals surface area contributed by atoms with E-state index in [1.54, 1.807) is 12.4 Å². The van der Waals surface area contributed by atoms with Gasteiger partial charge in [0.1, 0.15) is 5.82 Å². The van der Waals surface area contributed by atoms with Crippen molar-refractivity contribution in [3.63, 3.8) is 0 Å². The minimum Gasteiger partial charge on any atom is -0.321 e. The van der Waals surface area contributed by atoms with Crippen molar-refractivity contribution >= 4 is 0 Å². The summed E-state index contributed by atoms with van der Waals surface area (Å²) in [7, 11) is 0. The van der Waals surface area contributed by atoms with Crippen molar-refractivity contribution in [2.24, 2.45) is 5.73 Å². The average molecular weight is 249 g/mol. The summed E-state index contributed by atoms with van der Waals surface area (Å²) in [6.45, 7) is 2.26. The molecule has 0 bridgehead atoms. The third-order valence-electron chi connectivity index (χ3n) is 3.29. The molecule has 0 aliphatic carbocycles. The molecule has 0 aromatic carbocycles. The summed E-state index contributed by atoms with van der Waals surface area (Å²) in [5, 5.41) is 0. The van der Waals surface area contributed by atoms with E-state index in [9.17, 15) is 0 Å². The van der Waals surface area contributed by atoms with Gasteiger partial charge in [0, 0.05) is 12.4 Å². The van der Waals surface area contributed by atoms with Gasteiger partial charge in [0.05, 0.1) is 6.04 Å². The van der Waals surface area contributed by atoms with Crippen LogP contribution in [0.1, 0.15) is 76.6 Å². The van der Waals surface area contributed by atoms with Crippen molar-refractivity contribution in [2.75, 3.05) is 0 Å². The molecule has 0 saturated carbocycles. The third-order valence-corrected chi connectivity index (χ3v) is 3.29. The lowest BCUT2D eigenvalue weighted by molar-refractivity contribution is 0.525. The van der Waals surface area contributed by atoms with Gasteiger partial charge in [0.25, 0.3) is 0 Å². The average Bonchev–Trinajstić information content (AvgIpc) is 2.42. The molecule has 102 valence electrons. The second kappa shape index (κ2) is 10.0. The molecule has 1 aromatic heterocycles. The van der Waals surface area contributed by atoms with Crippen molar-refractivity contribution in [1.29, 1.82) is 0 Å². The molecule has 0 aliphatic heterocycles. The fourth-order valence-electron chi connectivity index (χ4n) is 2.13. The summed E-state index contributed by atoms with van der Waals surface area (Å²) >= 11 is 0. The largest absolute Gasteiger partial charge is 0.321 e. The van der Waals surface area contributed by atoms with Crippen molar-refractivity contribution in [1.82, 2.24) is 9.97 Å². The molecule has 2 N–H and O–H groups in total. The van der Waals surface area contributed by atoms with E-state index >= 15 is 0 Å². The normalized spacial score (nSPS) is 12.6. The van der Waals surface area contributed by atoms with Crippen LogP contribution in [0, 0.1) is 0 Å². The van der Waals surface area contributed by atoms with E-state index < -0.39 is 0 Å². The maximum Gasteiger partial charge on any atom is 0.144 e. The van der Waals surface area contributed by atoms with Crippen LogP contribution in [0.4, 0.5) is 0 Å². The van der Waals surface area contributed by atoms with E-state index in [1.165, 1.54) is 51.4 Å². The van der Waals surface area contributed by atoms with Crippen LogP contribution in [-0.2, 0) is 0 Å². The molecular weight excluding hydrogens is 222 g/mol. The van der Waals surface area contributed by atoms with Crippen molar-refractivity contribution in [2.45, 2.75) is 70.8 Å². The fraction of sp³-hybridized carbons (Fsp3) is 0.733. The molecule has 0 saturated heterocycles. The van der Waals surface area contributed by atoms with Crippen LogP contribution in [0.25, 0.3) is 0 Å². The lowest BCUT2D eigenvalue weighted by atomic mass is 10.0. The number of rotatable bonds is 10. The molecule has 3 heteroatoms. The molecule has 0 fully saturated rings. The van der Waals surface area contributed by atoms with Gasteiger partial charge in [-0.05, 0) is 12.5 Å². The first-order chi connectivity index (χ1) is 8.84. The van der Waals surface area contributed by atoms with Gasteiger partial charge in [0.15, 0.2) is 0 Å². The quantitative estimate of drug-likeness (QED) is 0.637. The number of aromatic nitrogens is 2. The molecule has 18 heavy (non-hydrogen) atoms. The van der Waals surface area contributed by atoms with Gasteiger partial charge in [-0.25, -0.2) is 9.97 Å². The van der Waals surface area contributed by atoms with E-state index in [-0.39, 0.29) is 6.04 Å². The van der Waals surface area contributed by atoms with E-state index in [0.29, 0.717) is 0 Å². The maximum atomic E-state index is 6.05. The number of hydrogen-bond acceptors (Lipinski definition) is 3. The van der Waals surface area contributed by atoms with Gasteiger partial charge in [0.2, 0.25) is 0 Å². The molecular formula is C15H27N3. The molecule has 1 rings (SSSR count). The second-order valence-corrected chi connectivity index (χ2v) is 4.98. The Bertz CT molecular complexity index is 287. The number of nitrogens with two attached hydrogens (primary N) is 1. The highest BCUT2D eigenvalue weighted by atomic mass is 14.9. The molecule has 1 aromatic rings. The Kier molecular flexibility index (Phi) is 8.40. The zero-order valence-corrected chi connectivity index (χ0v) is 11.6. The first-order valence-electron chi connectivity index (χ1n) is 7.37. The second-order valence-electron chi connectivity index (χ2n) is 4.98. The summed E-state index contributed by atoms with van der Waals surface area (Å²) < 4.78 is 0. The third kappa shape index (κ3) is 6.70. The number of unbranched alkanes of at least 4 members (excludes halogenated alkanes) is 7. The smallest absolute Gasteiger partial charge is 0.144 e. The SMILES string of the molecule is CCCCCCCCCCC(N)c1ncccn1. The van der Waals surface area contributed by atoms with Crippen LogP contribution < -0.4 is 5.73 Å². The van der Waals surface area contributed by atoms with Gasteiger partial charge in [-0.3, -0.25) is 0 Å². The maximum absolute atomic E-state index is 6.05. The van der Waals surface area contributed by atoms with E-state index in [2.05, 4.69) is 16.9 Å². The Morgan fingerprint density at radius 1 is 0.944 bits per heavy atom. The zero-order valence-electron chi connectivity index (χ0n) is 11.6. The Labute approximate surface area is 111 Å². The molecule has 1 heterocycles. The molecule has 0 aliphatic rings. The molecule has 3 nitrogen and oxygen atoms in total. The standard InChI is InChI=1S/C15H27N3/c1-2-3-4-5-6-7-8-9-11-14(16)15-17-12-10-13-18-15/h10,12-14H,2-9,11,16H2,1H3. The summed E-state index contributed by atoms with van der Waals surface area (Å²) in [5.74, 6) is 0.778.